The lowest BCUT2D eigenvalue weighted by Crippen LogP contribution is -2.64. The summed E-state index contributed by atoms with van der Waals surface area (Å²) in [5, 5.41) is 50.7. The molecule has 0 aromatic rings. The largest absolute Gasteiger partial charge is 0.472 e. The van der Waals surface area contributed by atoms with Gasteiger partial charge in [-0.1, -0.05) is 386 Å². The highest BCUT2D eigenvalue weighted by Gasteiger charge is 2.51. The van der Waals surface area contributed by atoms with E-state index < -0.39 is 75.7 Å². The highest BCUT2D eigenvalue weighted by atomic mass is 31.2. The summed E-state index contributed by atoms with van der Waals surface area (Å²) < 4.78 is 34.0. The first-order valence-corrected chi connectivity index (χ1v) is 40.3. The summed E-state index contributed by atoms with van der Waals surface area (Å²) in [6.07, 6.45) is 66.3. The van der Waals surface area contributed by atoms with E-state index in [4.69, 9.17) is 18.5 Å². The van der Waals surface area contributed by atoms with Crippen LogP contribution in [0.1, 0.15) is 412 Å². The number of ether oxygens (including phenoxy) is 2. The van der Waals surface area contributed by atoms with Gasteiger partial charge in [0.15, 0.2) is 6.10 Å². The Balaban J connectivity index is 2.16. The summed E-state index contributed by atoms with van der Waals surface area (Å²) in [4.78, 5) is 36.3. The van der Waals surface area contributed by atoms with Crippen LogP contribution in [0.2, 0.25) is 0 Å². The van der Waals surface area contributed by atoms with E-state index in [1.54, 1.807) is 0 Å². The van der Waals surface area contributed by atoms with Crippen molar-refractivity contribution in [1.29, 1.82) is 0 Å². The Bertz CT molecular complexity index is 1540. The van der Waals surface area contributed by atoms with Crippen LogP contribution in [0, 0.1) is 0 Å². The minimum atomic E-state index is -5.13. The van der Waals surface area contributed by atoms with Gasteiger partial charge < -0.3 is 39.9 Å². The Morgan fingerprint density at radius 2 is 0.506 bits per heavy atom. The van der Waals surface area contributed by atoms with Gasteiger partial charge in [0.05, 0.1) is 6.61 Å². The van der Waals surface area contributed by atoms with Gasteiger partial charge >= 0.3 is 19.8 Å². The average molecular weight is 1290 g/mol. The number of unbranched alkanes of at least 4 members (excludes halogenated alkanes) is 58. The lowest BCUT2D eigenvalue weighted by Gasteiger charge is -2.41. The van der Waals surface area contributed by atoms with Crippen LogP contribution in [0.5, 0.6) is 0 Å². The molecule has 6 N–H and O–H groups in total. The molecule has 6 unspecified atom stereocenters. The van der Waals surface area contributed by atoms with E-state index in [9.17, 15) is 44.6 Å². The third-order valence-electron chi connectivity index (χ3n) is 18.9. The molecule has 1 rings (SSSR count). The fourth-order valence-electron chi connectivity index (χ4n) is 12.9. The number of phosphoric ester groups is 1. The molecule has 0 aromatic heterocycles. The van der Waals surface area contributed by atoms with Crippen molar-refractivity contribution in [1.82, 2.24) is 0 Å². The maximum atomic E-state index is 13.0. The van der Waals surface area contributed by atoms with Crippen LogP contribution >= 0.6 is 7.82 Å². The monoisotopic (exact) mass is 1290 g/mol. The SMILES string of the molecule is CCCCCCCCCCCCCCCCCCCCCCCCCCCCCCCCC(=O)OC[C@H](COP(=O)(O)OC1C(O)C(O)C(O)[C@@H](O)C1O)OC(=O)CCCCCCCCCCCCCCCCCCCCCCCCCCCCCCCC. The number of phosphoric acid groups is 1. The van der Waals surface area contributed by atoms with Gasteiger partial charge in [-0.15, -0.1) is 0 Å². The molecule has 1 fully saturated rings. The Labute approximate surface area is 548 Å². The van der Waals surface area contributed by atoms with Crippen LogP contribution in [0.4, 0.5) is 0 Å². The second-order valence-corrected chi connectivity index (χ2v) is 29.0. The second kappa shape index (κ2) is 64.2. The third-order valence-corrected chi connectivity index (χ3v) is 19.9. The van der Waals surface area contributed by atoms with Crippen molar-refractivity contribution >= 4 is 19.8 Å². The molecule has 530 valence electrons. The summed E-state index contributed by atoms with van der Waals surface area (Å²) in [6.45, 7) is 3.43. The zero-order chi connectivity index (χ0) is 64.8. The predicted octanol–water partition coefficient (Wildman–Crippen LogP) is 21.0. The minimum absolute atomic E-state index is 0.107. The van der Waals surface area contributed by atoms with Crippen LogP contribution in [0.15, 0.2) is 0 Å². The molecular formula is C75H147O13P. The second-order valence-electron chi connectivity index (χ2n) is 27.6. The average Bonchev–Trinajstić information content (AvgIpc) is 1.52. The van der Waals surface area contributed by atoms with E-state index in [0.29, 0.717) is 12.8 Å². The minimum Gasteiger partial charge on any atom is -0.462 e. The van der Waals surface area contributed by atoms with Gasteiger partial charge in [0.1, 0.15) is 43.2 Å². The Kier molecular flexibility index (Phi) is 61.9. The van der Waals surface area contributed by atoms with Crippen LogP contribution < -0.4 is 0 Å². The van der Waals surface area contributed by atoms with E-state index in [1.807, 2.05) is 0 Å². The molecule has 0 saturated heterocycles. The highest BCUT2D eigenvalue weighted by molar-refractivity contribution is 7.47. The van der Waals surface area contributed by atoms with Crippen LogP contribution in [0.3, 0.4) is 0 Å². The van der Waals surface area contributed by atoms with Gasteiger partial charge in [0.2, 0.25) is 0 Å². The third kappa shape index (κ3) is 54.8. The first-order chi connectivity index (χ1) is 43.4. The summed E-state index contributed by atoms with van der Waals surface area (Å²) in [5.74, 6) is -1.07. The Hall–Kier alpha value is -1.15. The maximum Gasteiger partial charge on any atom is 0.472 e. The zero-order valence-corrected chi connectivity index (χ0v) is 59.2. The standard InChI is InChI=1S/C75H147O13P/c1-3-5-7-9-11-13-15-17-19-21-23-25-27-29-31-33-35-37-39-41-43-45-47-49-51-53-55-57-59-61-63-68(76)85-65-67(66-86-89(83,84)88-75-73(81)71(79)70(78)72(80)74(75)82)87-69(77)64-62-60-58-56-54-52-50-48-46-44-42-40-38-36-34-32-30-28-26-24-22-20-18-16-14-12-10-8-6-4-2/h67,70-75,78-82H,3-66H2,1-2H3,(H,83,84)/t67-,70?,71-,72?,73?,74?,75?/m1/s1. The first-order valence-electron chi connectivity index (χ1n) is 38.8. The number of aliphatic hydroxyl groups is 5. The Morgan fingerprint density at radius 3 is 0.742 bits per heavy atom. The zero-order valence-electron chi connectivity index (χ0n) is 58.3. The molecule has 0 spiro atoms. The van der Waals surface area contributed by atoms with Crippen molar-refractivity contribution in [2.45, 2.75) is 455 Å². The fraction of sp³-hybridized carbons (Fsp3) is 0.973. The molecule has 1 aliphatic carbocycles. The smallest absolute Gasteiger partial charge is 0.462 e. The number of aliphatic hydroxyl groups excluding tert-OH is 5. The van der Waals surface area contributed by atoms with Crippen LogP contribution in [0.25, 0.3) is 0 Å². The molecule has 89 heavy (non-hydrogen) atoms. The number of hydrogen-bond donors (Lipinski definition) is 6. The van der Waals surface area contributed by atoms with Crippen molar-refractivity contribution in [3.05, 3.63) is 0 Å². The first kappa shape index (κ1) is 85.9. The van der Waals surface area contributed by atoms with Crippen LogP contribution in [-0.2, 0) is 32.7 Å². The Morgan fingerprint density at radius 1 is 0.303 bits per heavy atom. The molecule has 0 aromatic carbocycles. The van der Waals surface area contributed by atoms with Gasteiger partial charge in [-0.05, 0) is 12.8 Å². The lowest BCUT2D eigenvalue weighted by atomic mass is 9.85. The molecule has 13 nitrogen and oxygen atoms in total. The van der Waals surface area contributed by atoms with Crippen molar-refractivity contribution in [3.63, 3.8) is 0 Å². The quantitative estimate of drug-likeness (QED) is 0.0190. The molecule has 0 amide bonds. The van der Waals surface area contributed by atoms with Crippen molar-refractivity contribution < 1.29 is 63.1 Å². The van der Waals surface area contributed by atoms with Gasteiger partial charge in [-0.2, -0.15) is 0 Å². The molecule has 1 saturated carbocycles. The maximum absolute atomic E-state index is 13.0. The summed E-state index contributed by atoms with van der Waals surface area (Å²) >= 11 is 0. The van der Waals surface area contributed by atoms with Gasteiger partial charge in [0, 0.05) is 12.8 Å². The normalized spacial score (nSPS) is 18.8. The summed E-state index contributed by atoms with van der Waals surface area (Å²) in [7, 11) is -5.13. The number of esters is 2. The summed E-state index contributed by atoms with van der Waals surface area (Å²) in [6, 6.07) is 0. The van der Waals surface area contributed by atoms with Gasteiger partial charge in [-0.3, -0.25) is 18.6 Å². The van der Waals surface area contributed by atoms with E-state index >= 15 is 0 Å². The molecule has 0 bridgehead atoms. The molecule has 0 radical (unpaired) electrons. The number of carbonyl (C=O) groups is 2. The van der Waals surface area contributed by atoms with Gasteiger partial charge in [0.25, 0.3) is 0 Å². The van der Waals surface area contributed by atoms with Crippen molar-refractivity contribution in [3.8, 4) is 0 Å². The van der Waals surface area contributed by atoms with Crippen molar-refractivity contribution in [2.24, 2.45) is 0 Å². The van der Waals surface area contributed by atoms with Gasteiger partial charge in [-0.25, -0.2) is 4.57 Å². The fourth-order valence-corrected chi connectivity index (χ4v) is 13.9. The lowest BCUT2D eigenvalue weighted by molar-refractivity contribution is -0.220. The van der Waals surface area contributed by atoms with E-state index in [0.717, 1.165) is 38.5 Å². The molecule has 1 aliphatic rings. The van der Waals surface area contributed by atoms with E-state index in [1.165, 1.54) is 334 Å². The molecule has 8 atom stereocenters. The van der Waals surface area contributed by atoms with E-state index in [-0.39, 0.29) is 12.8 Å². The molecule has 0 aliphatic heterocycles. The molecule has 14 heteroatoms. The summed E-state index contributed by atoms with van der Waals surface area (Å²) in [5.41, 5.74) is 0. The van der Waals surface area contributed by atoms with Crippen molar-refractivity contribution in [2.75, 3.05) is 13.2 Å². The number of hydrogen-bond acceptors (Lipinski definition) is 12. The number of carbonyl (C=O) groups excluding carboxylic acids is 2. The van der Waals surface area contributed by atoms with E-state index in [2.05, 4.69) is 13.8 Å². The molecule has 0 heterocycles. The molecular weight excluding hydrogens is 1140 g/mol. The highest BCUT2D eigenvalue weighted by Crippen LogP contribution is 2.47. The number of rotatable bonds is 70. The predicted molar refractivity (Wildman–Crippen MR) is 369 cm³/mol. The van der Waals surface area contributed by atoms with Crippen LogP contribution in [-0.4, -0.2) is 98.3 Å². The topological polar surface area (TPSA) is 210 Å².